The molecule has 0 saturated carbocycles. The van der Waals surface area contributed by atoms with E-state index in [4.69, 9.17) is 4.74 Å². The summed E-state index contributed by atoms with van der Waals surface area (Å²) in [6.07, 6.45) is 3.18. The third-order valence-corrected chi connectivity index (χ3v) is 6.83. The lowest BCUT2D eigenvalue weighted by molar-refractivity contribution is -0.119. The molecule has 1 amide bonds. The summed E-state index contributed by atoms with van der Waals surface area (Å²) >= 11 is 2.85. The third kappa shape index (κ3) is 5.31. The predicted octanol–water partition coefficient (Wildman–Crippen LogP) is 4.97. The number of aromatic nitrogens is 2. The van der Waals surface area contributed by atoms with Crippen LogP contribution in [-0.2, 0) is 11.2 Å². The van der Waals surface area contributed by atoms with Gasteiger partial charge in [-0.2, -0.15) is 0 Å². The van der Waals surface area contributed by atoms with Crippen molar-refractivity contribution >= 4 is 39.8 Å². The third-order valence-electron chi connectivity index (χ3n) is 4.85. The fraction of sp³-hybridized carbons (Fsp3) is 0.318. The largest absolute Gasteiger partial charge is 0.494 e. The summed E-state index contributed by atoms with van der Waals surface area (Å²) in [4.78, 5) is 12.5. The quantitative estimate of drug-likeness (QED) is 0.482. The lowest BCUT2D eigenvalue weighted by Gasteiger charge is -2.26. The van der Waals surface area contributed by atoms with E-state index in [0.29, 0.717) is 17.5 Å². The molecule has 3 aromatic rings. The van der Waals surface area contributed by atoms with Gasteiger partial charge in [-0.3, -0.25) is 4.79 Å². The van der Waals surface area contributed by atoms with Crippen LogP contribution in [-0.4, -0.2) is 28.5 Å². The minimum absolute atomic E-state index is 0.0259. The molecular formula is C22H24N4O2S2. The standard InChI is InChI=1S/C22H24N4O2S2/c1-2-28-17-12-10-16(11-13-17)23-21-25-26-22(30-21)29-14-20(27)24-19-9-5-7-15-6-3-4-8-18(15)19/h3-4,6,8,10-13,19H,2,5,7,9,14H2,1H3,(H,23,25)(H,24,27)/t19-/m0/s1. The molecule has 2 aromatic carbocycles. The first-order valence-corrected chi connectivity index (χ1v) is 11.8. The van der Waals surface area contributed by atoms with E-state index in [1.807, 2.05) is 37.3 Å². The van der Waals surface area contributed by atoms with Gasteiger partial charge in [0.25, 0.3) is 0 Å². The molecule has 0 unspecified atom stereocenters. The summed E-state index contributed by atoms with van der Waals surface area (Å²) in [5.74, 6) is 1.19. The van der Waals surface area contributed by atoms with Crippen LogP contribution in [0.2, 0.25) is 0 Å². The minimum Gasteiger partial charge on any atom is -0.494 e. The zero-order valence-electron chi connectivity index (χ0n) is 16.8. The van der Waals surface area contributed by atoms with Gasteiger partial charge < -0.3 is 15.4 Å². The molecule has 4 rings (SSSR count). The van der Waals surface area contributed by atoms with Gasteiger partial charge in [0.2, 0.25) is 11.0 Å². The molecule has 2 N–H and O–H groups in total. The molecule has 1 aliphatic rings. The van der Waals surface area contributed by atoms with Gasteiger partial charge in [0.1, 0.15) is 5.75 Å². The summed E-state index contributed by atoms with van der Waals surface area (Å²) in [5.41, 5.74) is 3.51. The molecule has 0 aliphatic heterocycles. The van der Waals surface area contributed by atoms with E-state index in [2.05, 4.69) is 39.0 Å². The molecule has 6 nitrogen and oxygen atoms in total. The first kappa shape index (κ1) is 20.7. The summed E-state index contributed by atoms with van der Waals surface area (Å²) in [6, 6.07) is 16.2. The number of carbonyl (C=O) groups is 1. The van der Waals surface area contributed by atoms with Crippen LogP contribution in [0.4, 0.5) is 10.8 Å². The molecule has 1 aliphatic carbocycles. The van der Waals surface area contributed by atoms with Gasteiger partial charge in [0.15, 0.2) is 4.34 Å². The number of amides is 1. The molecule has 156 valence electrons. The molecule has 0 spiro atoms. The molecule has 1 aromatic heterocycles. The maximum absolute atomic E-state index is 12.5. The average Bonchev–Trinajstić information content (AvgIpc) is 3.21. The Bertz CT molecular complexity index is 991. The average molecular weight is 441 g/mol. The molecule has 0 radical (unpaired) electrons. The number of thioether (sulfide) groups is 1. The van der Waals surface area contributed by atoms with Crippen molar-refractivity contribution in [1.82, 2.24) is 15.5 Å². The molecular weight excluding hydrogens is 416 g/mol. The van der Waals surface area contributed by atoms with Gasteiger partial charge >= 0.3 is 0 Å². The highest BCUT2D eigenvalue weighted by Gasteiger charge is 2.21. The van der Waals surface area contributed by atoms with Gasteiger partial charge in [-0.15, -0.1) is 10.2 Å². The van der Waals surface area contributed by atoms with E-state index < -0.39 is 0 Å². The van der Waals surface area contributed by atoms with E-state index in [1.54, 1.807) is 0 Å². The number of rotatable bonds is 8. The van der Waals surface area contributed by atoms with Crippen LogP contribution < -0.4 is 15.4 Å². The van der Waals surface area contributed by atoms with Crippen LogP contribution >= 0.6 is 23.1 Å². The fourth-order valence-electron chi connectivity index (χ4n) is 3.51. The highest BCUT2D eigenvalue weighted by Crippen LogP contribution is 2.31. The van der Waals surface area contributed by atoms with Gasteiger partial charge in [0.05, 0.1) is 18.4 Å². The maximum Gasteiger partial charge on any atom is 0.230 e. The van der Waals surface area contributed by atoms with Crippen LogP contribution in [0.15, 0.2) is 52.9 Å². The van der Waals surface area contributed by atoms with Crippen molar-refractivity contribution in [3.05, 3.63) is 59.7 Å². The SMILES string of the molecule is CCOc1ccc(Nc2nnc(SCC(=O)N[C@H]3CCCc4ccccc43)s2)cc1. The highest BCUT2D eigenvalue weighted by molar-refractivity contribution is 8.01. The molecule has 30 heavy (non-hydrogen) atoms. The predicted molar refractivity (Wildman–Crippen MR) is 122 cm³/mol. The molecule has 0 bridgehead atoms. The molecule has 0 fully saturated rings. The lowest BCUT2D eigenvalue weighted by Crippen LogP contribution is -2.32. The van der Waals surface area contributed by atoms with Gasteiger partial charge in [-0.25, -0.2) is 0 Å². The van der Waals surface area contributed by atoms with Crippen LogP contribution in [0.1, 0.15) is 36.9 Å². The second-order valence-corrected chi connectivity index (χ2v) is 9.16. The van der Waals surface area contributed by atoms with Crippen LogP contribution in [0.3, 0.4) is 0 Å². The Hall–Kier alpha value is -2.58. The number of nitrogens with zero attached hydrogens (tertiary/aromatic N) is 2. The Morgan fingerprint density at radius 1 is 1.20 bits per heavy atom. The minimum atomic E-state index is 0.0259. The Morgan fingerprint density at radius 2 is 2.03 bits per heavy atom. The summed E-state index contributed by atoms with van der Waals surface area (Å²) in [6.45, 7) is 2.60. The Kier molecular flexibility index (Phi) is 6.86. The van der Waals surface area contributed by atoms with Crippen molar-refractivity contribution in [2.45, 2.75) is 36.6 Å². The Morgan fingerprint density at radius 3 is 2.87 bits per heavy atom. The van der Waals surface area contributed by atoms with Crippen LogP contribution in [0, 0.1) is 0 Å². The number of nitrogens with one attached hydrogen (secondary N) is 2. The van der Waals surface area contributed by atoms with Crippen molar-refractivity contribution in [1.29, 1.82) is 0 Å². The van der Waals surface area contributed by atoms with Crippen LogP contribution in [0.5, 0.6) is 5.75 Å². The number of aryl methyl sites for hydroxylation is 1. The first-order valence-electron chi connectivity index (χ1n) is 10.0. The number of anilines is 2. The number of hydrogen-bond donors (Lipinski definition) is 2. The van der Waals surface area contributed by atoms with Crippen molar-refractivity contribution < 1.29 is 9.53 Å². The molecule has 1 atom stereocenters. The first-order chi connectivity index (χ1) is 14.7. The number of hydrogen-bond acceptors (Lipinski definition) is 7. The summed E-state index contributed by atoms with van der Waals surface area (Å²) in [5, 5.41) is 15.5. The topological polar surface area (TPSA) is 76.1 Å². The van der Waals surface area contributed by atoms with E-state index >= 15 is 0 Å². The van der Waals surface area contributed by atoms with Gasteiger partial charge in [-0.05, 0) is 61.6 Å². The van der Waals surface area contributed by atoms with E-state index in [1.165, 1.54) is 34.2 Å². The van der Waals surface area contributed by atoms with Gasteiger partial charge in [-0.1, -0.05) is 47.4 Å². The molecule has 0 saturated heterocycles. The molecule has 1 heterocycles. The number of carbonyl (C=O) groups excluding carboxylic acids is 1. The summed E-state index contributed by atoms with van der Waals surface area (Å²) in [7, 11) is 0. The van der Waals surface area contributed by atoms with E-state index in [0.717, 1.165) is 35.0 Å². The summed E-state index contributed by atoms with van der Waals surface area (Å²) < 4.78 is 6.22. The Balaban J connectivity index is 1.28. The molecule has 8 heteroatoms. The van der Waals surface area contributed by atoms with Crippen molar-refractivity contribution in [2.24, 2.45) is 0 Å². The number of fused-ring (bicyclic) bond motifs is 1. The lowest BCUT2D eigenvalue weighted by atomic mass is 9.88. The fourth-order valence-corrected chi connectivity index (χ4v) is 5.09. The normalized spacial score (nSPS) is 15.3. The van der Waals surface area contributed by atoms with Crippen molar-refractivity contribution in [3.8, 4) is 5.75 Å². The monoisotopic (exact) mass is 440 g/mol. The second kappa shape index (κ2) is 9.95. The van der Waals surface area contributed by atoms with Crippen molar-refractivity contribution in [3.63, 3.8) is 0 Å². The number of ether oxygens (including phenoxy) is 1. The highest BCUT2D eigenvalue weighted by atomic mass is 32.2. The second-order valence-electron chi connectivity index (χ2n) is 6.96. The van der Waals surface area contributed by atoms with Crippen LogP contribution in [0.25, 0.3) is 0 Å². The smallest absolute Gasteiger partial charge is 0.230 e. The zero-order chi connectivity index (χ0) is 20.8. The Labute approximate surface area is 184 Å². The maximum atomic E-state index is 12.5. The van der Waals surface area contributed by atoms with E-state index in [9.17, 15) is 4.79 Å². The number of benzene rings is 2. The van der Waals surface area contributed by atoms with E-state index in [-0.39, 0.29) is 11.9 Å². The van der Waals surface area contributed by atoms with Gasteiger partial charge in [0, 0.05) is 5.69 Å². The zero-order valence-corrected chi connectivity index (χ0v) is 18.4. The van der Waals surface area contributed by atoms with Crippen molar-refractivity contribution in [2.75, 3.05) is 17.7 Å².